The Morgan fingerprint density at radius 2 is 1.95 bits per heavy atom. The minimum atomic E-state index is 0.369. The van der Waals surface area contributed by atoms with E-state index < -0.39 is 0 Å². The van der Waals surface area contributed by atoms with Gasteiger partial charge in [0.2, 0.25) is 0 Å². The Kier molecular flexibility index (Phi) is 5.53. The largest absolute Gasteiger partial charge is 0.337 e. The normalized spacial score (nSPS) is 17.5. The molecule has 0 N–H and O–H groups in total. The van der Waals surface area contributed by atoms with Gasteiger partial charge in [-0.05, 0) is 49.7 Å². The number of aryl methyl sites for hydroxylation is 2. The van der Waals surface area contributed by atoms with Crippen molar-refractivity contribution < 1.29 is 0 Å². The van der Waals surface area contributed by atoms with Gasteiger partial charge in [0.15, 0.2) is 0 Å². The van der Waals surface area contributed by atoms with Crippen LogP contribution in [0.4, 0.5) is 0 Å². The van der Waals surface area contributed by atoms with Crippen molar-refractivity contribution in [1.82, 2.24) is 9.55 Å². The Balaban J connectivity index is 1.63. The molecule has 1 saturated heterocycles. The van der Waals surface area contributed by atoms with Crippen LogP contribution in [0.15, 0.2) is 43.0 Å². The standard InChI is InChI=1S/C18H24N2S2/c1-16-4-6-17(7-5-16)14-18(21-12-3-13-22-18)8-2-10-20-11-9-19-15-20/h4-7,9,11,15H,2-3,8,10,12-14H2,1H3. The zero-order chi connectivity index (χ0) is 15.3. The number of imidazole rings is 1. The maximum absolute atomic E-state index is 4.13. The van der Waals surface area contributed by atoms with E-state index in [2.05, 4.69) is 70.5 Å². The summed E-state index contributed by atoms with van der Waals surface area (Å²) in [5.41, 5.74) is 2.83. The fourth-order valence-corrected chi connectivity index (χ4v) is 6.37. The van der Waals surface area contributed by atoms with Crippen molar-refractivity contribution >= 4 is 23.5 Å². The van der Waals surface area contributed by atoms with Gasteiger partial charge >= 0.3 is 0 Å². The van der Waals surface area contributed by atoms with Gasteiger partial charge in [-0.2, -0.15) is 0 Å². The van der Waals surface area contributed by atoms with Crippen molar-refractivity contribution in [3.05, 3.63) is 54.1 Å². The lowest BCUT2D eigenvalue weighted by Crippen LogP contribution is -2.28. The molecule has 0 aliphatic carbocycles. The molecule has 118 valence electrons. The average molecular weight is 333 g/mol. The molecular formula is C18H24N2S2. The quantitative estimate of drug-likeness (QED) is 0.758. The molecule has 0 atom stereocenters. The summed E-state index contributed by atoms with van der Waals surface area (Å²) in [4.78, 5) is 4.13. The molecule has 0 radical (unpaired) electrons. The fraction of sp³-hybridized carbons (Fsp3) is 0.500. The van der Waals surface area contributed by atoms with Gasteiger partial charge in [-0.25, -0.2) is 4.98 Å². The van der Waals surface area contributed by atoms with Gasteiger partial charge in [0.1, 0.15) is 0 Å². The van der Waals surface area contributed by atoms with E-state index in [9.17, 15) is 0 Å². The van der Waals surface area contributed by atoms with Crippen LogP contribution < -0.4 is 0 Å². The predicted molar refractivity (Wildman–Crippen MR) is 98.6 cm³/mol. The summed E-state index contributed by atoms with van der Waals surface area (Å²) in [6.45, 7) is 3.24. The zero-order valence-electron chi connectivity index (χ0n) is 13.2. The minimum Gasteiger partial charge on any atom is -0.337 e. The van der Waals surface area contributed by atoms with Gasteiger partial charge in [0, 0.05) is 18.9 Å². The van der Waals surface area contributed by atoms with Crippen LogP contribution in [0.5, 0.6) is 0 Å². The molecule has 1 aliphatic heterocycles. The van der Waals surface area contributed by atoms with Gasteiger partial charge in [0.25, 0.3) is 0 Å². The molecule has 2 nitrogen and oxygen atoms in total. The number of thioether (sulfide) groups is 2. The van der Waals surface area contributed by atoms with Crippen LogP contribution in [-0.4, -0.2) is 25.1 Å². The minimum absolute atomic E-state index is 0.369. The number of nitrogens with zero attached hydrogens (tertiary/aromatic N) is 2. The van der Waals surface area contributed by atoms with Crippen molar-refractivity contribution in [2.24, 2.45) is 0 Å². The van der Waals surface area contributed by atoms with Crippen LogP contribution >= 0.6 is 23.5 Å². The molecular weight excluding hydrogens is 308 g/mol. The molecule has 22 heavy (non-hydrogen) atoms. The summed E-state index contributed by atoms with van der Waals surface area (Å²) in [6, 6.07) is 9.10. The molecule has 2 aromatic rings. The summed E-state index contributed by atoms with van der Waals surface area (Å²) in [5, 5.41) is 0. The van der Waals surface area contributed by atoms with Gasteiger partial charge in [-0.15, -0.1) is 23.5 Å². The number of benzene rings is 1. The van der Waals surface area contributed by atoms with Gasteiger partial charge in [0.05, 0.1) is 10.4 Å². The first-order valence-electron chi connectivity index (χ1n) is 8.05. The number of aromatic nitrogens is 2. The molecule has 0 spiro atoms. The SMILES string of the molecule is Cc1ccc(CC2(CCCn3ccnc3)SCCCS2)cc1. The second kappa shape index (κ2) is 7.60. The number of rotatable bonds is 6. The van der Waals surface area contributed by atoms with Crippen molar-refractivity contribution in [3.63, 3.8) is 0 Å². The third-order valence-electron chi connectivity index (χ3n) is 4.15. The van der Waals surface area contributed by atoms with E-state index in [1.165, 1.54) is 48.3 Å². The molecule has 0 saturated carbocycles. The van der Waals surface area contributed by atoms with E-state index in [0.717, 1.165) is 6.54 Å². The summed E-state index contributed by atoms with van der Waals surface area (Å²) in [7, 11) is 0. The van der Waals surface area contributed by atoms with Crippen LogP contribution in [0.2, 0.25) is 0 Å². The maximum Gasteiger partial charge on any atom is 0.0945 e. The molecule has 2 heterocycles. The lowest BCUT2D eigenvalue weighted by Gasteiger charge is -2.36. The molecule has 4 heteroatoms. The summed E-state index contributed by atoms with van der Waals surface area (Å²) in [6.07, 6.45) is 10.9. The van der Waals surface area contributed by atoms with Crippen molar-refractivity contribution in [2.45, 2.75) is 43.2 Å². The first kappa shape index (κ1) is 16.0. The molecule has 1 fully saturated rings. The summed E-state index contributed by atoms with van der Waals surface area (Å²) >= 11 is 4.37. The first-order valence-corrected chi connectivity index (χ1v) is 10.0. The Hall–Kier alpha value is -0.870. The molecule has 1 aromatic heterocycles. The van der Waals surface area contributed by atoms with Crippen LogP contribution in [0.1, 0.15) is 30.4 Å². The van der Waals surface area contributed by atoms with Crippen molar-refractivity contribution in [1.29, 1.82) is 0 Å². The van der Waals surface area contributed by atoms with Gasteiger partial charge in [-0.3, -0.25) is 0 Å². The van der Waals surface area contributed by atoms with Crippen molar-refractivity contribution in [3.8, 4) is 0 Å². The highest BCUT2D eigenvalue weighted by atomic mass is 32.2. The number of hydrogen-bond acceptors (Lipinski definition) is 3. The zero-order valence-corrected chi connectivity index (χ0v) is 14.8. The third kappa shape index (κ3) is 4.32. The van der Waals surface area contributed by atoms with Crippen LogP contribution in [0.25, 0.3) is 0 Å². The molecule has 0 unspecified atom stereocenters. The first-order chi connectivity index (χ1) is 10.8. The van der Waals surface area contributed by atoms with E-state index in [1.54, 1.807) is 0 Å². The average Bonchev–Trinajstić information content (AvgIpc) is 3.04. The van der Waals surface area contributed by atoms with E-state index in [0.29, 0.717) is 4.08 Å². The van der Waals surface area contributed by atoms with E-state index in [1.807, 2.05) is 12.5 Å². The number of hydrogen-bond donors (Lipinski definition) is 0. The summed E-state index contributed by atoms with van der Waals surface area (Å²) < 4.78 is 2.56. The van der Waals surface area contributed by atoms with E-state index in [-0.39, 0.29) is 0 Å². The Labute approximate surface area is 142 Å². The Morgan fingerprint density at radius 1 is 1.18 bits per heavy atom. The Morgan fingerprint density at radius 3 is 2.64 bits per heavy atom. The smallest absolute Gasteiger partial charge is 0.0945 e. The second-order valence-corrected chi connectivity index (χ2v) is 9.24. The monoisotopic (exact) mass is 332 g/mol. The Bertz CT molecular complexity index is 557. The van der Waals surface area contributed by atoms with Crippen LogP contribution in [0, 0.1) is 6.92 Å². The highest BCUT2D eigenvalue weighted by Crippen LogP contribution is 2.47. The molecule has 1 aromatic carbocycles. The maximum atomic E-state index is 4.13. The lowest BCUT2D eigenvalue weighted by molar-refractivity contribution is 0.575. The van der Waals surface area contributed by atoms with E-state index in [4.69, 9.17) is 0 Å². The molecule has 0 amide bonds. The fourth-order valence-electron chi connectivity index (χ4n) is 2.92. The van der Waals surface area contributed by atoms with Crippen LogP contribution in [0.3, 0.4) is 0 Å². The molecule has 0 bridgehead atoms. The highest BCUT2D eigenvalue weighted by Gasteiger charge is 2.33. The lowest BCUT2D eigenvalue weighted by atomic mass is 10.0. The summed E-state index contributed by atoms with van der Waals surface area (Å²) in [5.74, 6) is 2.62. The van der Waals surface area contributed by atoms with Gasteiger partial charge < -0.3 is 4.57 Å². The predicted octanol–water partition coefficient (Wildman–Crippen LogP) is 4.78. The third-order valence-corrected chi connectivity index (χ3v) is 7.59. The molecule has 1 aliphatic rings. The van der Waals surface area contributed by atoms with E-state index >= 15 is 0 Å². The highest BCUT2D eigenvalue weighted by molar-refractivity contribution is 8.18. The topological polar surface area (TPSA) is 17.8 Å². The van der Waals surface area contributed by atoms with Crippen molar-refractivity contribution in [2.75, 3.05) is 11.5 Å². The molecule has 3 rings (SSSR count). The van der Waals surface area contributed by atoms with Gasteiger partial charge in [-0.1, -0.05) is 29.8 Å². The van der Waals surface area contributed by atoms with Crippen LogP contribution in [-0.2, 0) is 13.0 Å². The second-order valence-electron chi connectivity index (χ2n) is 6.03.